The number of aryl methyl sites for hydroxylation is 1. The second-order valence-electron chi connectivity index (χ2n) is 4.07. The molecule has 0 aliphatic heterocycles. The molecule has 0 bridgehead atoms. The highest BCUT2D eigenvalue weighted by molar-refractivity contribution is 5.31. The molecule has 0 aliphatic rings. The van der Waals surface area contributed by atoms with E-state index in [2.05, 4.69) is 16.4 Å². The van der Waals surface area contributed by atoms with Crippen LogP contribution < -0.4 is 0 Å². The smallest absolute Gasteiger partial charge is 0.236 e. The van der Waals surface area contributed by atoms with Crippen molar-refractivity contribution in [1.29, 1.82) is 0 Å². The van der Waals surface area contributed by atoms with Crippen molar-refractivity contribution in [3.8, 4) is 5.75 Å². The fraction of sp³-hybridized carbons (Fsp3) is 0.385. The molecule has 0 amide bonds. The summed E-state index contributed by atoms with van der Waals surface area (Å²) in [6, 6.07) is 6.99. The summed E-state index contributed by atoms with van der Waals surface area (Å²) in [5, 5.41) is 27.1. The zero-order chi connectivity index (χ0) is 13.4. The van der Waals surface area contributed by atoms with Crippen LogP contribution in [-0.2, 0) is 16.2 Å². The fourth-order valence-electron chi connectivity index (χ4n) is 1.77. The first-order valence-electron chi connectivity index (χ1n) is 5.70. The summed E-state index contributed by atoms with van der Waals surface area (Å²) in [5.41, 5.74) is 0.792. The minimum Gasteiger partial charge on any atom is -0.508 e. The Kier molecular flexibility index (Phi) is 5.80. The molecule has 0 atom stereocenters. The Bertz CT molecular complexity index is 373. The van der Waals surface area contributed by atoms with Crippen molar-refractivity contribution in [1.82, 2.24) is 0 Å². The first-order valence-corrected chi connectivity index (χ1v) is 5.70. The Hall–Kier alpha value is -1.40. The van der Waals surface area contributed by atoms with Gasteiger partial charge < -0.3 is 5.11 Å². The van der Waals surface area contributed by atoms with Gasteiger partial charge in [0.25, 0.3) is 0 Å². The van der Waals surface area contributed by atoms with E-state index in [-0.39, 0.29) is 18.6 Å². The highest BCUT2D eigenvalue weighted by Crippen LogP contribution is 2.25. The molecule has 0 fully saturated rings. The van der Waals surface area contributed by atoms with Gasteiger partial charge >= 0.3 is 0 Å². The number of hydrogen-bond acceptors (Lipinski definition) is 5. The average molecular weight is 254 g/mol. The number of phenols is 1. The molecule has 0 aromatic heterocycles. The number of hydrogen-bond donors (Lipinski definition) is 3. The Morgan fingerprint density at radius 3 is 2.44 bits per heavy atom. The molecular formula is C13H18O5. The number of rotatable bonds is 8. The van der Waals surface area contributed by atoms with Crippen LogP contribution >= 0.6 is 0 Å². The van der Waals surface area contributed by atoms with Crippen molar-refractivity contribution in [2.24, 2.45) is 0 Å². The lowest BCUT2D eigenvalue weighted by atomic mass is 10.0. The van der Waals surface area contributed by atoms with Gasteiger partial charge in [0, 0.05) is 12.8 Å². The van der Waals surface area contributed by atoms with E-state index in [1.54, 1.807) is 12.1 Å². The van der Waals surface area contributed by atoms with Gasteiger partial charge in [0.2, 0.25) is 5.79 Å². The lowest BCUT2D eigenvalue weighted by Crippen LogP contribution is -2.33. The summed E-state index contributed by atoms with van der Waals surface area (Å²) < 4.78 is 0. The molecule has 100 valence electrons. The maximum Gasteiger partial charge on any atom is 0.236 e. The van der Waals surface area contributed by atoms with Crippen molar-refractivity contribution in [3.05, 3.63) is 42.5 Å². The molecular weight excluding hydrogens is 236 g/mol. The van der Waals surface area contributed by atoms with E-state index in [0.717, 1.165) is 5.56 Å². The predicted molar refractivity (Wildman–Crippen MR) is 66.0 cm³/mol. The zero-order valence-electron chi connectivity index (χ0n) is 10.1. The van der Waals surface area contributed by atoms with Crippen LogP contribution in [0.4, 0.5) is 0 Å². The first-order chi connectivity index (χ1) is 8.67. The van der Waals surface area contributed by atoms with Gasteiger partial charge in [0.05, 0.1) is 0 Å². The molecule has 1 aromatic carbocycles. The lowest BCUT2D eigenvalue weighted by Gasteiger charge is -2.25. The maximum absolute atomic E-state index is 9.58. The molecule has 0 aliphatic carbocycles. The summed E-state index contributed by atoms with van der Waals surface area (Å²) in [6.45, 7) is 3.50. The van der Waals surface area contributed by atoms with E-state index in [1.807, 2.05) is 12.1 Å². The Balaban J connectivity index is 2.54. The summed E-state index contributed by atoms with van der Waals surface area (Å²) in [4.78, 5) is 8.38. The van der Waals surface area contributed by atoms with Crippen LogP contribution in [0.15, 0.2) is 36.9 Å². The molecule has 5 nitrogen and oxygen atoms in total. The highest BCUT2D eigenvalue weighted by atomic mass is 17.2. The van der Waals surface area contributed by atoms with Gasteiger partial charge in [-0.25, -0.2) is 20.3 Å². The van der Waals surface area contributed by atoms with Gasteiger partial charge in [-0.15, -0.1) is 6.58 Å². The summed E-state index contributed by atoms with van der Waals surface area (Å²) in [5.74, 6) is -1.26. The quantitative estimate of drug-likeness (QED) is 0.288. The van der Waals surface area contributed by atoms with Gasteiger partial charge in [-0.3, -0.25) is 0 Å². The third-order valence-electron chi connectivity index (χ3n) is 2.78. The van der Waals surface area contributed by atoms with E-state index in [1.165, 1.54) is 6.08 Å². The second-order valence-corrected chi connectivity index (χ2v) is 4.07. The molecule has 0 saturated carbocycles. The zero-order valence-corrected chi connectivity index (χ0v) is 10.1. The van der Waals surface area contributed by atoms with Gasteiger partial charge in [-0.05, 0) is 24.5 Å². The van der Waals surface area contributed by atoms with Crippen LogP contribution in [0.1, 0.15) is 24.8 Å². The summed E-state index contributed by atoms with van der Waals surface area (Å²) in [7, 11) is 0. The minimum atomic E-state index is -1.48. The fourth-order valence-corrected chi connectivity index (χ4v) is 1.77. The third kappa shape index (κ3) is 3.82. The van der Waals surface area contributed by atoms with Crippen LogP contribution in [0.3, 0.4) is 0 Å². The molecule has 1 rings (SSSR count). The average Bonchev–Trinajstić information content (AvgIpc) is 2.40. The normalized spacial score (nSPS) is 11.4. The first kappa shape index (κ1) is 14.7. The number of para-hydroxylation sites is 1. The summed E-state index contributed by atoms with van der Waals surface area (Å²) >= 11 is 0. The Labute approximate surface area is 106 Å². The monoisotopic (exact) mass is 254 g/mol. The van der Waals surface area contributed by atoms with Gasteiger partial charge in [0.15, 0.2) is 0 Å². The van der Waals surface area contributed by atoms with E-state index in [4.69, 9.17) is 10.5 Å². The van der Waals surface area contributed by atoms with Crippen LogP contribution in [0, 0.1) is 0 Å². The molecule has 3 N–H and O–H groups in total. The predicted octanol–water partition coefficient (Wildman–Crippen LogP) is 2.97. The van der Waals surface area contributed by atoms with E-state index >= 15 is 0 Å². The van der Waals surface area contributed by atoms with Crippen LogP contribution in [0.25, 0.3) is 0 Å². The van der Waals surface area contributed by atoms with Crippen LogP contribution in [-0.4, -0.2) is 21.4 Å². The van der Waals surface area contributed by atoms with Crippen LogP contribution in [0.5, 0.6) is 5.75 Å². The van der Waals surface area contributed by atoms with E-state index in [0.29, 0.717) is 12.8 Å². The molecule has 0 saturated heterocycles. The minimum absolute atomic E-state index is 0.154. The molecule has 18 heavy (non-hydrogen) atoms. The third-order valence-corrected chi connectivity index (χ3v) is 2.78. The Morgan fingerprint density at radius 1 is 1.22 bits per heavy atom. The van der Waals surface area contributed by atoms with Gasteiger partial charge in [-0.2, -0.15) is 0 Å². The van der Waals surface area contributed by atoms with Crippen molar-refractivity contribution in [2.75, 3.05) is 0 Å². The van der Waals surface area contributed by atoms with E-state index < -0.39 is 5.79 Å². The SMILES string of the molecule is C=CCC(CCCc1ccccc1O)(OO)OO. The number of phenolic OH excluding ortho intramolecular Hbond substituents is 1. The number of aromatic hydroxyl groups is 1. The molecule has 0 radical (unpaired) electrons. The largest absolute Gasteiger partial charge is 0.508 e. The molecule has 0 spiro atoms. The van der Waals surface area contributed by atoms with E-state index in [9.17, 15) is 5.11 Å². The second kappa shape index (κ2) is 7.13. The Morgan fingerprint density at radius 2 is 1.89 bits per heavy atom. The van der Waals surface area contributed by atoms with Crippen molar-refractivity contribution in [2.45, 2.75) is 31.5 Å². The van der Waals surface area contributed by atoms with Gasteiger partial charge in [-0.1, -0.05) is 24.3 Å². The molecule has 0 heterocycles. The van der Waals surface area contributed by atoms with Crippen LogP contribution in [0.2, 0.25) is 0 Å². The topological polar surface area (TPSA) is 79.2 Å². The maximum atomic E-state index is 9.58. The van der Waals surface area contributed by atoms with Gasteiger partial charge in [0.1, 0.15) is 5.75 Å². The summed E-state index contributed by atoms with van der Waals surface area (Å²) in [6.07, 6.45) is 3.04. The van der Waals surface area contributed by atoms with Crippen molar-refractivity contribution < 1.29 is 25.4 Å². The van der Waals surface area contributed by atoms with Crippen molar-refractivity contribution >= 4 is 0 Å². The standard InChI is InChI=1S/C13H18O5/c1-2-9-13(17-15,18-16)10-5-7-11-6-3-4-8-12(11)14/h2-4,6,8,14-16H,1,5,7,9-10H2. The molecule has 0 unspecified atom stereocenters. The molecule has 1 aromatic rings. The molecule has 5 heteroatoms. The highest BCUT2D eigenvalue weighted by Gasteiger charge is 2.31. The lowest BCUT2D eigenvalue weighted by molar-refractivity contribution is -0.487. The number of benzene rings is 1. The van der Waals surface area contributed by atoms with Crippen molar-refractivity contribution in [3.63, 3.8) is 0 Å².